The molecule has 0 radical (unpaired) electrons. The van der Waals surface area contributed by atoms with Crippen molar-refractivity contribution >= 4 is 34.0 Å². The van der Waals surface area contributed by atoms with E-state index in [1.54, 1.807) is 30.3 Å². The van der Waals surface area contributed by atoms with E-state index in [4.69, 9.17) is 12.2 Å². The van der Waals surface area contributed by atoms with E-state index in [0.717, 1.165) is 16.3 Å². The molecule has 31 heavy (non-hydrogen) atoms. The molecule has 1 unspecified atom stereocenters. The van der Waals surface area contributed by atoms with E-state index >= 15 is 0 Å². The molecule has 0 fully saturated rings. The van der Waals surface area contributed by atoms with Crippen molar-refractivity contribution in [2.45, 2.75) is 6.04 Å². The lowest BCUT2D eigenvalue weighted by atomic mass is 9.93. The number of carbonyl (C=O) groups is 1. The average molecular weight is 428 g/mol. The molecule has 0 saturated heterocycles. The molecular formula is C25H21N3O2S. The van der Waals surface area contributed by atoms with Crippen LogP contribution in [0.4, 0.5) is 0 Å². The van der Waals surface area contributed by atoms with E-state index in [2.05, 4.69) is 16.2 Å². The summed E-state index contributed by atoms with van der Waals surface area (Å²) in [7, 11) is 0. The summed E-state index contributed by atoms with van der Waals surface area (Å²) < 4.78 is 0. The molecule has 0 saturated carbocycles. The first-order valence-corrected chi connectivity index (χ1v) is 10.2. The molecule has 1 amide bonds. The highest BCUT2D eigenvalue weighted by atomic mass is 32.1. The third-order valence-electron chi connectivity index (χ3n) is 4.97. The summed E-state index contributed by atoms with van der Waals surface area (Å²) in [5.74, 6) is -0.134. The Morgan fingerprint density at radius 2 is 1.42 bits per heavy atom. The summed E-state index contributed by atoms with van der Waals surface area (Å²) in [6.07, 6.45) is 0. The van der Waals surface area contributed by atoms with Gasteiger partial charge < -0.3 is 10.4 Å². The molecule has 0 heterocycles. The SMILES string of the molecule is O=C(NNC(=S)NC(c1ccccc1)c1c(O)ccc2ccccc12)c1ccccc1. The molecule has 1 atom stereocenters. The van der Waals surface area contributed by atoms with Crippen LogP contribution < -0.4 is 16.2 Å². The van der Waals surface area contributed by atoms with E-state index in [0.29, 0.717) is 11.1 Å². The molecule has 0 aliphatic heterocycles. The van der Waals surface area contributed by atoms with Crippen LogP contribution in [0.1, 0.15) is 27.5 Å². The molecule has 0 bridgehead atoms. The Balaban J connectivity index is 1.61. The fraction of sp³-hybridized carbons (Fsp3) is 0.0400. The molecule has 0 aromatic heterocycles. The zero-order valence-corrected chi connectivity index (χ0v) is 17.4. The van der Waals surface area contributed by atoms with Crippen LogP contribution in [0.3, 0.4) is 0 Å². The van der Waals surface area contributed by atoms with Crippen LogP contribution in [0.25, 0.3) is 10.8 Å². The van der Waals surface area contributed by atoms with E-state index in [1.807, 2.05) is 66.7 Å². The van der Waals surface area contributed by atoms with Gasteiger partial charge in [-0.25, -0.2) is 0 Å². The number of amides is 1. The number of benzene rings is 4. The minimum absolute atomic E-state index is 0.163. The van der Waals surface area contributed by atoms with E-state index in [9.17, 15) is 9.90 Å². The number of phenolic OH excluding ortho intramolecular Hbond substituents is 1. The van der Waals surface area contributed by atoms with Gasteiger partial charge in [0.15, 0.2) is 5.11 Å². The Labute approximate surface area is 185 Å². The van der Waals surface area contributed by atoms with Crippen molar-refractivity contribution in [2.75, 3.05) is 0 Å². The Morgan fingerprint density at radius 1 is 0.774 bits per heavy atom. The van der Waals surface area contributed by atoms with Gasteiger partial charge in [0.2, 0.25) is 0 Å². The Kier molecular flexibility index (Phi) is 6.10. The van der Waals surface area contributed by atoms with Gasteiger partial charge in [-0.15, -0.1) is 0 Å². The molecule has 0 aliphatic carbocycles. The van der Waals surface area contributed by atoms with Crippen LogP contribution in [-0.4, -0.2) is 16.1 Å². The van der Waals surface area contributed by atoms with Gasteiger partial charge in [0.25, 0.3) is 5.91 Å². The lowest BCUT2D eigenvalue weighted by Gasteiger charge is -2.24. The lowest BCUT2D eigenvalue weighted by Crippen LogP contribution is -2.47. The van der Waals surface area contributed by atoms with Gasteiger partial charge in [-0.3, -0.25) is 15.6 Å². The monoisotopic (exact) mass is 427 g/mol. The van der Waals surface area contributed by atoms with Crippen LogP contribution >= 0.6 is 12.2 Å². The molecule has 0 aliphatic rings. The van der Waals surface area contributed by atoms with E-state index in [-0.39, 0.29) is 16.8 Å². The summed E-state index contributed by atoms with van der Waals surface area (Å²) in [5.41, 5.74) is 7.51. The smallest absolute Gasteiger partial charge is 0.269 e. The van der Waals surface area contributed by atoms with Gasteiger partial charge in [0.05, 0.1) is 6.04 Å². The fourth-order valence-electron chi connectivity index (χ4n) is 3.50. The number of phenols is 1. The van der Waals surface area contributed by atoms with Gasteiger partial charge in [0, 0.05) is 11.1 Å². The normalized spacial score (nSPS) is 11.5. The average Bonchev–Trinajstić information content (AvgIpc) is 2.82. The maximum absolute atomic E-state index is 12.3. The number of rotatable bonds is 4. The third kappa shape index (κ3) is 4.65. The molecular weight excluding hydrogens is 406 g/mol. The quantitative estimate of drug-likeness (QED) is 0.286. The maximum Gasteiger partial charge on any atom is 0.269 e. The van der Waals surface area contributed by atoms with Gasteiger partial charge in [-0.2, -0.15) is 0 Å². The Bertz CT molecular complexity index is 1210. The largest absolute Gasteiger partial charge is 0.508 e. The molecule has 4 N–H and O–H groups in total. The van der Waals surface area contributed by atoms with Crippen LogP contribution in [0, 0.1) is 0 Å². The number of hydrazine groups is 1. The molecule has 4 aromatic rings. The highest BCUT2D eigenvalue weighted by Gasteiger charge is 2.21. The number of nitrogens with one attached hydrogen (secondary N) is 3. The first-order valence-electron chi connectivity index (χ1n) is 9.81. The van der Waals surface area contributed by atoms with Crippen LogP contribution in [0.15, 0.2) is 97.1 Å². The first-order chi connectivity index (χ1) is 15.1. The summed E-state index contributed by atoms with van der Waals surface area (Å²) >= 11 is 5.45. The van der Waals surface area contributed by atoms with Crippen molar-refractivity contribution in [2.24, 2.45) is 0 Å². The molecule has 6 heteroatoms. The lowest BCUT2D eigenvalue weighted by molar-refractivity contribution is 0.0943. The number of fused-ring (bicyclic) bond motifs is 1. The second-order valence-electron chi connectivity index (χ2n) is 6.98. The molecule has 154 valence electrons. The van der Waals surface area contributed by atoms with Crippen molar-refractivity contribution < 1.29 is 9.90 Å². The number of aromatic hydroxyl groups is 1. The second kappa shape index (κ2) is 9.28. The number of carbonyl (C=O) groups excluding carboxylic acids is 1. The van der Waals surface area contributed by atoms with Gasteiger partial charge >= 0.3 is 0 Å². The van der Waals surface area contributed by atoms with Crippen molar-refractivity contribution in [3.8, 4) is 5.75 Å². The van der Waals surface area contributed by atoms with Crippen molar-refractivity contribution in [1.29, 1.82) is 0 Å². The minimum atomic E-state index is -0.430. The molecule has 4 rings (SSSR count). The second-order valence-corrected chi connectivity index (χ2v) is 7.39. The van der Waals surface area contributed by atoms with E-state index < -0.39 is 6.04 Å². The third-order valence-corrected chi connectivity index (χ3v) is 5.19. The fourth-order valence-corrected chi connectivity index (χ4v) is 3.67. The Morgan fingerprint density at radius 3 is 2.16 bits per heavy atom. The predicted octanol–water partition coefficient (Wildman–Crippen LogP) is 4.44. The highest BCUT2D eigenvalue weighted by molar-refractivity contribution is 7.80. The topological polar surface area (TPSA) is 73.4 Å². The van der Waals surface area contributed by atoms with Crippen molar-refractivity contribution in [3.05, 3.63) is 114 Å². The summed E-state index contributed by atoms with van der Waals surface area (Å²) in [4.78, 5) is 12.3. The molecule has 0 spiro atoms. The van der Waals surface area contributed by atoms with Crippen LogP contribution in [-0.2, 0) is 0 Å². The van der Waals surface area contributed by atoms with Gasteiger partial charge in [-0.1, -0.05) is 78.9 Å². The van der Waals surface area contributed by atoms with Gasteiger partial charge in [0.1, 0.15) is 5.75 Å². The Hall–Kier alpha value is -3.90. The van der Waals surface area contributed by atoms with Crippen molar-refractivity contribution in [1.82, 2.24) is 16.2 Å². The van der Waals surface area contributed by atoms with E-state index in [1.165, 1.54) is 0 Å². The standard InChI is InChI=1S/C25H21N3O2S/c29-21-16-15-17-9-7-8-14-20(17)22(21)23(18-10-3-1-4-11-18)26-25(31)28-27-24(30)19-12-5-2-6-13-19/h1-16,23,29H,(H,27,30)(H2,26,28,31). The summed E-state index contributed by atoms with van der Waals surface area (Å²) in [6, 6.07) is 29.6. The van der Waals surface area contributed by atoms with Crippen LogP contribution in [0.5, 0.6) is 5.75 Å². The highest BCUT2D eigenvalue weighted by Crippen LogP contribution is 2.35. The predicted molar refractivity (Wildman–Crippen MR) is 127 cm³/mol. The van der Waals surface area contributed by atoms with Gasteiger partial charge in [-0.05, 0) is 46.8 Å². The minimum Gasteiger partial charge on any atom is -0.508 e. The zero-order valence-electron chi connectivity index (χ0n) is 16.6. The van der Waals surface area contributed by atoms with Crippen LogP contribution in [0.2, 0.25) is 0 Å². The number of thiocarbonyl (C=S) groups is 1. The summed E-state index contributed by atoms with van der Waals surface area (Å²) in [6.45, 7) is 0. The zero-order chi connectivity index (χ0) is 21.6. The molecule has 5 nitrogen and oxygen atoms in total. The molecule has 4 aromatic carbocycles. The number of hydrogen-bond acceptors (Lipinski definition) is 3. The first kappa shape index (κ1) is 20.4. The number of hydrogen-bond donors (Lipinski definition) is 4. The maximum atomic E-state index is 12.3. The summed E-state index contributed by atoms with van der Waals surface area (Å²) in [5, 5.41) is 16.1. The van der Waals surface area contributed by atoms with Crippen molar-refractivity contribution in [3.63, 3.8) is 0 Å².